The lowest BCUT2D eigenvalue weighted by atomic mass is 10.1. The van der Waals surface area contributed by atoms with Gasteiger partial charge in [0.1, 0.15) is 11.6 Å². The van der Waals surface area contributed by atoms with Gasteiger partial charge in [-0.25, -0.2) is 8.78 Å². The Morgan fingerprint density at radius 3 is 2.32 bits per heavy atom. The van der Waals surface area contributed by atoms with Crippen LogP contribution in [0, 0.1) is 11.6 Å². The quantitative estimate of drug-likeness (QED) is 0.825. The number of nitrogens with zero attached hydrogens (tertiary/aromatic N) is 1. The topological polar surface area (TPSA) is 35.5 Å². The van der Waals surface area contributed by atoms with Gasteiger partial charge in [0.15, 0.2) is 0 Å². The normalized spacial score (nSPS) is 10.7. The lowest BCUT2D eigenvalue weighted by Gasteiger charge is -2.19. The van der Waals surface area contributed by atoms with Crippen molar-refractivity contribution >= 4 is 5.69 Å². The second-order valence-electron chi connectivity index (χ2n) is 5.16. The average Bonchev–Trinajstić information content (AvgIpc) is 2.51. The van der Waals surface area contributed by atoms with E-state index in [9.17, 15) is 8.78 Å². The summed E-state index contributed by atoms with van der Waals surface area (Å²) in [7, 11) is 1.74. The van der Waals surface area contributed by atoms with Gasteiger partial charge in [0.2, 0.25) is 0 Å². The second kappa shape index (κ2) is 7.87. The van der Waals surface area contributed by atoms with E-state index in [2.05, 4.69) is 5.32 Å². The number of aliphatic hydroxyl groups excluding tert-OH is 1. The number of hydrogen-bond donors (Lipinski definition) is 2. The van der Waals surface area contributed by atoms with Gasteiger partial charge in [0.05, 0.1) is 12.3 Å². The number of hydrogen-bond acceptors (Lipinski definition) is 3. The Labute approximate surface area is 129 Å². The summed E-state index contributed by atoms with van der Waals surface area (Å²) in [6.45, 7) is 1.55. The maximum atomic E-state index is 13.8. The highest BCUT2D eigenvalue weighted by molar-refractivity contribution is 5.49. The molecule has 0 atom stereocenters. The molecular weight excluding hydrogens is 286 g/mol. The van der Waals surface area contributed by atoms with Crippen molar-refractivity contribution in [1.29, 1.82) is 0 Å². The Morgan fingerprint density at radius 1 is 1.00 bits per heavy atom. The summed E-state index contributed by atoms with van der Waals surface area (Å²) >= 11 is 0. The van der Waals surface area contributed by atoms with E-state index in [0.717, 1.165) is 11.1 Å². The number of likely N-dealkylation sites (N-methyl/N-ethyl adjacent to an activating group) is 1. The maximum Gasteiger partial charge on any atom is 0.146 e. The predicted octanol–water partition coefficient (Wildman–Crippen LogP) is 2.68. The van der Waals surface area contributed by atoms with Crippen LogP contribution >= 0.6 is 0 Å². The first-order valence-electron chi connectivity index (χ1n) is 7.15. The number of nitrogens with one attached hydrogen (secondary N) is 1. The lowest BCUT2D eigenvalue weighted by molar-refractivity contribution is 0.303. The molecule has 0 aliphatic rings. The molecule has 0 bridgehead atoms. The van der Waals surface area contributed by atoms with Crippen LogP contribution in [0.3, 0.4) is 0 Å². The van der Waals surface area contributed by atoms with E-state index >= 15 is 0 Å². The van der Waals surface area contributed by atoms with Crippen LogP contribution in [0.15, 0.2) is 42.5 Å². The zero-order chi connectivity index (χ0) is 15.9. The summed E-state index contributed by atoms with van der Waals surface area (Å²) in [4.78, 5) is 1.68. The smallest absolute Gasteiger partial charge is 0.146 e. The van der Waals surface area contributed by atoms with Crippen molar-refractivity contribution in [3.63, 3.8) is 0 Å². The minimum atomic E-state index is -0.307. The Balaban J connectivity index is 1.95. The second-order valence-corrected chi connectivity index (χ2v) is 5.16. The van der Waals surface area contributed by atoms with Crippen LogP contribution in [-0.4, -0.2) is 25.3 Å². The van der Waals surface area contributed by atoms with E-state index in [1.54, 1.807) is 36.2 Å². The van der Waals surface area contributed by atoms with Crippen LogP contribution in [0.1, 0.15) is 11.1 Å². The molecule has 0 saturated heterocycles. The molecule has 5 heteroatoms. The third-order valence-electron chi connectivity index (χ3n) is 3.43. The van der Waals surface area contributed by atoms with Crippen molar-refractivity contribution in [1.82, 2.24) is 5.32 Å². The van der Waals surface area contributed by atoms with Gasteiger partial charge in [-0.2, -0.15) is 0 Å². The zero-order valence-corrected chi connectivity index (χ0v) is 12.5. The molecule has 0 spiro atoms. The number of benzene rings is 2. The molecule has 0 saturated carbocycles. The Kier molecular flexibility index (Phi) is 5.86. The summed E-state index contributed by atoms with van der Waals surface area (Å²) in [6, 6.07) is 11.2. The molecule has 0 aliphatic heterocycles. The van der Waals surface area contributed by atoms with Gasteiger partial charge in [-0.3, -0.25) is 0 Å². The third kappa shape index (κ3) is 4.51. The summed E-state index contributed by atoms with van der Waals surface area (Å²) in [6.07, 6.45) is 0. The molecule has 2 N–H and O–H groups in total. The highest BCUT2D eigenvalue weighted by Crippen LogP contribution is 2.19. The molecule has 22 heavy (non-hydrogen) atoms. The van der Waals surface area contributed by atoms with Crippen LogP contribution in [0.2, 0.25) is 0 Å². The van der Waals surface area contributed by atoms with Crippen LogP contribution in [-0.2, 0) is 13.1 Å². The maximum absolute atomic E-state index is 13.8. The van der Waals surface area contributed by atoms with Gasteiger partial charge in [-0.05, 0) is 35.4 Å². The van der Waals surface area contributed by atoms with Gasteiger partial charge >= 0.3 is 0 Å². The third-order valence-corrected chi connectivity index (χ3v) is 3.43. The zero-order valence-electron chi connectivity index (χ0n) is 12.5. The molecule has 0 heterocycles. The van der Waals surface area contributed by atoms with Crippen LogP contribution in [0.25, 0.3) is 0 Å². The van der Waals surface area contributed by atoms with Crippen molar-refractivity contribution in [2.24, 2.45) is 0 Å². The first-order valence-corrected chi connectivity index (χ1v) is 7.15. The van der Waals surface area contributed by atoms with E-state index in [1.807, 2.05) is 0 Å². The highest BCUT2D eigenvalue weighted by atomic mass is 19.1. The van der Waals surface area contributed by atoms with E-state index in [0.29, 0.717) is 25.3 Å². The standard InChI is InChI=1S/C17H20F2N2O/c1-21(8-9-22)17-10-14(4-7-16(17)19)12-20-11-13-2-5-15(18)6-3-13/h2-7,10,20,22H,8-9,11-12H2,1H3. The van der Waals surface area contributed by atoms with Gasteiger partial charge in [0, 0.05) is 26.7 Å². The Hall–Kier alpha value is -1.98. The molecule has 0 aliphatic carbocycles. The molecule has 2 rings (SSSR count). The molecule has 0 radical (unpaired) electrons. The van der Waals surface area contributed by atoms with Gasteiger partial charge in [-0.1, -0.05) is 18.2 Å². The fraction of sp³-hybridized carbons (Fsp3) is 0.294. The van der Waals surface area contributed by atoms with E-state index in [1.165, 1.54) is 18.2 Å². The van der Waals surface area contributed by atoms with E-state index < -0.39 is 0 Å². The highest BCUT2D eigenvalue weighted by Gasteiger charge is 2.08. The molecule has 0 aromatic heterocycles. The molecule has 0 amide bonds. The Bertz CT molecular complexity index is 602. The SMILES string of the molecule is CN(CCO)c1cc(CNCc2ccc(F)cc2)ccc1F. The Morgan fingerprint density at radius 2 is 1.64 bits per heavy atom. The summed E-state index contributed by atoms with van der Waals surface area (Å²) in [5.41, 5.74) is 2.40. The van der Waals surface area contributed by atoms with Crippen LogP contribution in [0.4, 0.5) is 14.5 Å². The molecule has 0 fully saturated rings. The summed E-state index contributed by atoms with van der Waals surface area (Å²) in [5, 5.41) is 12.2. The molecule has 3 nitrogen and oxygen atoms in total. The first-order chi connectivity index (χ1) is 10.6. The van der Waals surface area contributed by atoms with Crippen molar-refractivity contribution in [2.45, 2.75) is 13.1 Å². The first kappa shape index (κ1) is 16.4. The molecule has 2 aromatic carbocycles. The molecular formula is C17H20F2N2O. The average molecular weight is 306 g/mol. The summed E-state index contributed by atoms with van der Waals surface area (Å²) in [5.74, 6) is -0.558. The minimum absolute atomic E-state index is 0.0248. The summed E-state index contributed by atoms with van der Waals surface area (Å²) < 4.78 is 26.6. The van der Waals surface area contributed by atoms with Crippen molar-refractivity contribution < 1.29 is 13.9 Å². The van der Waals surface area contributed by atoms with Crippen LogP contribution in [0.5, 0.6) is 0 Å². The van der Waals surface area contributed by atoms with Crippen molar-refractivity contribution in [3.05, 3.63) is 65.2 Å². The van der Waals surface area contributed by atoms with E-state index in [4.69, 9.17) is 5.11 Å². The molecule has 2 aromatic rings. The minimum Gasteiger partial charge on any atom is -0.395 e. The fourth-order valence-electron chi connectivity index (χ4n) is 2.18. The van der Waals surface area contributed by atoms with Gasteiger partial charge in [-0.15, -0.1) is 0 Å². The number of rotatable bonds is 7. The van der Waals surface area contributed by atoms with Crippen molar-refractivity contribution in [3.8, 4) is 0 Å². The monoisotopic (exact) mass is 306 g/mol. The number of anilines is 1. The van der Waals surface area contributed by atoms with Gasteiger partial charge in [0.25, 0.3) is 0 Å². The predicted molar refractivity (Wildman–Crippen MR) is 83.7 cm³/mol. The lowest BCUT2D eigenvalue weighted by Crippen LogP contribution is -2.22. The fourth-order valence-corrected chi connectivity index (χ4v) is 2.18. The van der Waals surface area contributed by atoms with Gasteiger partial charge < -0.3 is 15.3 Å². The number of halogens is 2. The number of aliphatic hydroxyl groups is 1. The molecule has 0 unspecified atom stereocenters. The molecule has 118 valence electrons. The van der Waals surface area contributed by atoms with Crippen molar-refractivity contribution in [2.75, 3.05) is 25.1 Å². The van der Waals surface area contributed by atoms with E-state index in [-0.39, 0.29) is 18.2 Å². The van der Waals surface area contributed by atoms with Crippen LogP contribution < -0.4 is 10.2 Å². The largest absolute Gasteiger partial charge is 0.395 e.